The highest BCUT2D eigenvalue weighted by molar-refractivity contribution is 6.02. The number of hydrogen-bond acceptors (Lipinski definition) is 5. The number of hydrogen-bond donors (Lipinski definition) is 2. The number of rotatable bonds is 4. The van der Waals surface area contributed by atoms with Gasteiger partial charge in [-0.1, -0.05) is 18.2 Å². The van der Waals surface area contributed by atoms with Gasteiger partial charge in [-0.15, -0.1) is 0 Å². The van der Waals surface area contributed by atoms with Crippen LogP contribution in [0, 0.1) is 6.57 Å². The molecule has 120 valence electrons. The Hall–Kier alpha value is -2.72. The minimum absolute atomic E-state index is 0.200. The number of ether oxygens (including phenoxy) is 1. The van der Waals surface area contributed by atoms with Crippen LogP contribution in [-0.4, -0.2) is 30.4 Å². The summed E-state index contributed by atoms with van der Waals surface area (Å²) in [6.07, 6.45) is 0.620. The molecule has 1 aromatic carbocycles. The Morgan fingerprint density at radius 1 is 1.48 bits per heavy atom. The van der Waals surface area contributed by atoms with Gasteiger partial charge < -0.3 is 4.74 Å². The highest BCUT2D eigenvalue weighted by Crippen LogP contribution is 2.22. The van der Waals surface area contributed by atoms with Crippen molar-refractivity contribution in [2.24, 2.45) is 0 Å². The first-order chi connectivity index (χ1) is 10.9. The van der Waals surface area contributed by atoms with Gasteiger partial charge >= 0.3 is 5.97 Å². The molecule has 1 aliphatic rings. The molecule has 7 nitrogen and oxygen atoms in total. The Balaban J connectivity index is 2.22. The van der Waals surface area contributed by atoms with Crippen LogP contribution in [-0.2, 0) is 20.9 Å². The molecule has 0 aliphatic carbocycles. The van der Waals surface area contributed by atoms with E-state index in [-0.39, 0.29) is 18.9 Å². The van der Waals surface area contributed by atoms with E-state index in [0.29, 0.717) is 23.2 Å². The van der Waals surface area contributed by atoms with Crippen molar-refractivity contribution in [3.63, 3.8) is 0 Å². The molecule has 0 unspecified atom stereocenters. The fourth-order valence-electron chi connectivity index (χ4n) is 2.37. The first-order valence-corrected chi connectivity index (χ1v) is 7.07. The van der Waals surface area contributed by atoms with Crippen LogP contribution in [0.4, 0.5) is 5.69 Å². The molecule has 0 bridgehead atoms. The van der Waals surface area contributed by atoms with E-state index in [1.807, 2.05) is 0 Å². The molecule has 1 aromatic rings. The monoisotopic (exact) mass is 315 g/mol. The second-order valence-electron chi connectivity index (χ2n) is 5.51. The van der Waals surface area contributed by atoms with Gasteiger partial charge in [-0.3, -0.25) is 20.2 Å². The van der Waals surface area contributed by atoms with Crippen molar-refractivity contribution in [3.8, 4) is 0 Å². The summed E-state index contributed by atoms with van der Waals surface area (Å²) < 4.78 is 4.73. The number of nitrogens with zero attached hydrogens (tertiary/aromatic N) is 1. The van der Waals surface area contributed by atoms with Crippen molar-refractivity contribution in [1.29, 1.82) is 0 Å². The average Bonchev–Trinajstić information content (AvgIpc) is 2.56. The fraction of sp³-hybridized carbons (Fsp3) is 0.375. The van der Waals surface area contributed by atoms with Crippen molar-refractivity contribution in [2.75, 3.05) is 7.11 Å². The first kappa shape index (κ1) is 16.6. The van der Waals surface area contributed by atoms with Crippen LogP contribution >= 0.6 is 0 Å². The molecule has 2 rings (SSSR count). The van der Waals surface area contributed by atoms with Gasteiger partial charge in [0.2, 0.25) is 11.8 Å². The molecule has 0 spiro atoms. The highest BCUT2D eigenvalue weighted by atomic mass is 16.5. The Kier molecular flexibility index (Phi) is 4.77. The predicted octanol–water partition coefficient (Wildman–Crippen LogP) is 1.31. The molecule has 1 heterocycles. The van der Waals surface area contributed by atoms with Gasteiger partial charge in [-0.05, 0) is 18.9 Å². The predicted molar refractivity (Wildman–Crippen MR) is 81.7 cm³/mol. The normalized spacial score (nSPS) is 20.6. The summed E-state index contributed by atoms with van der Waals surface area (Å²) >= 11 is 0. The number of carbonyl (C=O) groups excluding carboxylic acids is 3. The van der Waals surface area contributed by atoms with E-state index in [1.165, 1.54) is 19.2 Å². The van der Waals surface area contributed by atoms with Crippen LogP contribution in [0.1, 0.15) is 35.7 Å². The van der Waals surface area contributed by atoms with Crippen molar-refractivity contribution < 1.29 is 19.1 Å². The molecule has 2 amide bonds. The third kappa shape index (κ3) is 3.55. The van der Waals surface area contributed by atoms with E-state index >= 15 is 0 Å². The quantitative estimate of drug-likeness (QED) is 0.497. The summed E-state index contributed by atoms with van der Waals surface area (Å²) in [5.74, 6) is -1.19. The zero-order chi connectivity index (χ0) is 17.0. The largest absolute Gasteiger partial charge is 0.465 e. The minimum Gasteiger partial charge on any atom is -0.465 e. The van der Waals surface area contributed by atoms with Crippen LogP contribution in [0.2, 0.25) is 0 Å². The van der Waals surface area contributed by atoms with Gasteiger partial charge in [0.1, 0.15) is 0 Å². The Morgan fingerprint density at radius 3 is 2.83 bits per heavy atom. The minimum atomic E-state index is -0.907. The molecular weight excluding hydrogens is 298 g/mol. The lowest BCUT2D eigenvalue weighted by molar-refractivity contribution is -0.138. The maximum atomic E-state index is 12.0. The lowest BCUT2D eigenvalue weighted by Gasteiger charge is -2.33. The van der Waals surface area contributed by atoms with E-state index in [4.69, 9.17) is 11.3 Å². The number of methoxy groups -OCH3 is 1. The molecule has 7 heteroatoms. The van der Waals surface area contributed by atoms with E-state index in [9.17, 15) is 14.4 Å². The van der Waals surface area contributed by atoms with E-state index in [1.54, 1.807) is 13.0 Å². The zero-order valence-corrected chi connectivity index (χ0v) is 12.9. The summed E-state index contributed by atoms with van der Waals surface area (Å²) in [6, 6.07) is 4.65. The van der Waals surface area contributed by atoms with Crippen LogP contribution in [0.3, 0.4) is 0 Å². The molecule has 1 fully saturated rings. The summed E-state index contributed by atoms with van der Waals surface area (Å²) in [6.45, 7) is 8.97. The third-order valence-corrected chi connectivity index (χ3v) is 3.90. The standard InChI is InChI=1S/C16H17N3O4/c1-16(7-6-13(20)19-15(16)22)18-9-10-8-11(17-2)4-5-12(10)14(21)23-3/h4-5,8,18H,6-7,9H2,1,3H3,(H,19,20,22)/t16-/m1/s1. The zero-order valence-electron chi connectivity index (χ0n) is 12.9. The van der Waals surface area contributed by atoms with Crippen LogP contribution < -0.4 is 10.6 Å². The van der Waals surface area contributed by atoms with Gasteiger partial charge in [-0.25, -0.2) is 9.64 Å². The van der Waals surface area contributed by atoms with E-state index in [0.717, 1.165) is 0 Å². The molecule has 1 saturated heterocycles. The molecule has 0 saturated carbocycles. The molecule has 23 heavy (non-hydrogen) atoms. The fourth-order valence-corrected chi connectivity index (χ4v) is 2.37. The smallest absolute Gasteiger partial charge is 0.338 e. The first-order valence-electron chi connectivity index (χ1n) is 7.07. The Labute approximate surface area is 133 Å². The summed E-state index contributed by atoms with van der Waals surface area (Å²) in [7, 11) is 1.28. The van der Waals surface area contributed by atoms with Crippen molar-refractivity contribution in [2.45, 2.75) is 31.8 Å². The second kappa shape index (κ2) is 6.58. The lowest BCUT2D eigenvalue weighted by Crippen LogP contribution is -2.59. The number of piperidine rings is 1. The average molecular weight is 315 g/mol. The Bertz CT molecular complexity index is 708. The summed E-state index contributed by atoms with van der Waals surface area (Å²) in [4.78, 5) is 38.4. The third-order valence-electron chi connectivity index (χ3n) is 3.90. The van der Waals surface area contributed by atoms with Crippen molar-refractivity contribution in [3.05, 3.63) is 40.7 Å². The summed E-state index contributed by atoms with van der Waals surface area (Å²) in [5.41, 5.74) is 0.387. The van der Waals surface area contributed by atoms with Crippen LogP contribution in [0.5, 0.6) is 0 Å². The highest BCUT2D eigenvalue weighted by Gasteiger charge is 2.38. The van der Waals surface area contributed by atoms with Gasteiger partial charge in [0, 0.05) is 13.0 Å². The number of carbonyl (C=O) groups is 3. The maximum absolute atomic E-state index is 12.0. The second-order valence-corrected chi connectivity index (χ2v) is 5.51. The number of imide groups is 1. The molecular formula is C16H17N3O4. The van der Waals surface area contributed by atoms with Gasteiger partial charge in [0.15, 0.2) is 5.69 Å². The SMILES string of the molecule is [C-]#[N+]c1ccc(C(=O)OC)c(CN[C@]2(C)CCC(=O)NC2=O)c1. The van der Waals surface area contributed by atoms with Crippen LogP contribution in [0.15, 0.2) is 18.2 Å². The molecule has 1 atom stereocenters. The molecule has 0 radical (unpaired) electrons. The number of esters is 1. The Morgan fingerprint density at radius 2 is 2.22 bits per heavy atom. The van der Waals surface area contributed by atoms with Gasteiger partial charge in [0.25, 0.3) is 0 Å². The molecule has 2 N–H and O–H groups in total. The van der Waals surface area contributed by atoms with E-state index < -0.39 is 17.4 Å². The number of benzene rings is 1. The number of amides is 2. The molecule has 1 aliphatic heterocycles. The van der Waals surface area contributed by atoms with E-state index in [2.05, 4.69) is 15.5 Å². The van der Waals surface area contributed by atoms with Crippen molar-refractivity contribution in [1.82, 2.24) is 10.6 Å². The van der Waals surface area contributed by atoms with Gasteiger partial charge in [-0.2, -0.15) is 0 Å². The summed E-state index contributed by atoms with van der Waals surface area (Å²) in [5, 5.41) is 5.38. The van der Waals surface area contributed by atoms with Crippen LogP contribution in [0.25, 0.3) is 4.85 Å². The number of nitrogens with one attached hydrogen (secondary N) is 2. The molecule has 0 aromatic heterocycles. The topological polar surface area (TPSA) is 88.9 Å². The van der Waals surface area contributed by atoms with Gasteiger partial charge in [0.05, 0.1) is 24.8 Å². The maximum Gasteiger partial charge on any atom is 0.338 e. The lowest BCUT2D eigenvalue weighted by atomic mass is 9.90. The van der Waals surface area contributed by atoms with Crippen molar-refractivity contribution >= 4 is 23.5 Å².